The van der Waals surface area contributed by atoms with E-state index in [1.54, 1.807) is 4.90 Å². The molecule has 3 heterocycles. The largest absolute Gasteiger partial charge is 0.339 e. The minimum absolute atomic E-state index is 0.171. The van der Waals surface area contributed by atoms with Gasteiger partial charge in [-0.25, -0.2) is 13.6 Å². The summed E-state index contributed by atoms with van der Waals surface area (Å²) in [4.78, 5) is 23.8. The van der Waals surface area contributed by atoms with Crippen molar-refractivity contribution in [1.29, 1.82) is 0 Å². The first-order valence-electron chi connectivity index (χ1n) is 12.9. The second-order valence-electron chi connectivity index (χ2n) is 10.7. The van der Waals surface area contributed by atoms with Gasteiger partial charge in [-0.2, -0.15) is 4.98 Å². The Kier molecular flexibility index (Phi) is 7.47. The molecule has 0 radical (unpaired) electrons. The number of hydrogen-bond donors (Lipinski definition) is 1. The van der Waals surface area contributed by atoms with Crippen LogP contribution in [-0.4, -0.2) is 94.2 Å². The number of amides is 2. The minimum Gasteiger partial charge on any atom is -0.339 e. The molecule has 0 aromatic carbocycles. The van der Waals surface area contributed by atoms with Crippen LogP contribution in [0.1, 0.15) is 71.5 Å². The van der Waals surface area contributed by atoms with E-state index in [0.717, 1.165) is 26.2 Å². The summed E-state index contributed by atoms with van der Waals surface area (Å²) >= 11 is 0. The van der Waals surface area contributed by atoms with Crippen LogP contribution in [0.2, 0.25) is 0 Å². The van der Waals surface area contributed by atoms with Crippen LogP contribution in [0, 0.1) is 0 Å². The number of aryl methyl sites for hydroxylation is 1. The first-order valence-corrected chi connectivity index (χ1v) is 12.9. The van der Waals surface area contributed by atoms with Gasteiger partial charge in [-0.05, 0) is 39.5 Å². The van der Waals surface area contributed by atoms with Crippen LogP contribution in [0.4, 0.5) is 13.6 Å². The van der Waals surface area contributed by atoms with E-state index in [1.165, 1.54) is 0 Å². The lowest BCUT2D eigenvalue weighted by atomic mass is 9.79. The third-order valence-corrected chi connectivity index (χ3v) is 8.14. The summed E-state index contributed by atoms with van der Waals surface area (Å²) in [6, 6.07) is -1.42. The van der Waals surface area contributed by atoms with Gasteiger partial charge < -0.3 is 14.7 Å². The van der Waals surface area contributed by atoms with E-state index in [-0.39, 0.29) is 23.9 Å². The highest BCUT2D eigenvalue weighted by atomic mass is 19.3. The lowest BCUT2D eigenvalue weighted by Crippen LogP contribution is -2.66. The molecule has 2 unspecified atom stereocenters. The number of halogens is 2. The Hall–Kier alpha value is -1.81. The zero-order chi connectivity index (χ0) is 24.5. The maximum Gasteiger partial charge on any atom is 0.317 e. The molecule has 1 aromatic heterocycles. The number of aromatic nitrogens is 2. The summed E-state index contributed by atoms with van der Waals surface area (Å²) in [6.07, 6.45) is 3.03. The molecule has 1 aliphatic carbocycles. The van der Waals surface area contributed by atoms with Gasteiger partial charge in [0.05, 0.1) is 0 Å². The Bertz CT molecular complexity index is 831. The fourth-order valence-corrected chi connectivity index (χ4v) is 5.63. The Morgan fingerprint density at radius 2 is 1.82 bits per heavy atom. The number of rotatable bonds is 5. The molecule has 2 aliphatic heterocycles. The molecule has 3 aliphatic rings. The van der Waals surface area contributed by atoms with E-state index in [0.29, 0.717) is 63.0 Å². The summed E-state index contributed by atoms with van der Waals surface area (Å²) in [5.74, 6) is -1.63. The zero-order valence-electron chi connectivity index (χ0n) is 21.0. The molecule has 0 bridgehead atoms. The molecule has 10 heteroatoms. The fraction of sp³-hybridized carbons (Fsp3) is 0.875. The quantitative estimate of drug-likeness (QED) is 0.694. The number of piperidine rings is 1. The van der Waals surface area contributed by atoms with Crippen LogP contribution in [0.3, 0.4) is 0 Å². The smallest absolute Gasteiger partial charge is 0.317 e. The minimum atomic E-state index is -2.90. The highest BCUT2D eigenvalue weighted by Gasteiger charge is 2.50. The van der Waals surface area contributed by atoms with Crippen molar-refractivity contribution in [3.8, 4) is 0 Å². The third-order valence-electron chi connectivity index (χ3n) is 8.14. The zero-order valence-corrected chi connectivity index (χ0v) is 21.0. The second-order valence-corrected chi connectivity index (χ2v) is 10.7. The molecular formula is C24H40F2N6O2. The average molecular weight is 483 g/mol. The number of piperazine rings is 1. The van der Waals surface area contributed by atoms with Crippen molar-refractivity contribution in [1.82, 2.24) is 30.2 Å². The standard InChI is InChI=1S/C24H40F2N6O2/c1-5-19-27-21(29-34-19)23(4)9-11-32(12-10-23)22(33)28-20-18(7-6-8-24(20,25)26)31-15-13-30(14-16-31)17(2)3/h17-18,20H,5-16H2,1-4H3,(H,28,33). The van der Waals surface area contributed by atoms with Crippen molar-refractivity contribution in [3.63, 3.8) is 0 Å². The molecule has 2 amide bonds. The summed E-state index contributed by atoms with van der Waals surface area (Å²) in [5.41, 5.74) is -0.277. The molecule has 1 N–H and O–H groups in total. The van der Waals surface area contributed by atoms with Crippen molar-refractivity contribution < 1.29 is 18.1 Å². The first-order chi connectivity index (χ1) is 16.1. The van der Waals surface area contributed by atoms with E-state index in [4.69, 9.17) is 4.52 Å². The van der Waals surface area contributed by atoms with Crippen LogP contribution >= 0.6 is 0 Å². The van der Waals surface area contributed by atoms with Gasteiger partial charge in [0.1, 0.15) is 6.04 Å². The van der Waals surface area contributed by atoms with Crippen molar-refractivity contribution in [3.05, 3.63) is 11.7 Å². The van der Waals surface area contributed by atoms with Crippen LogP contribution in [0.15, 0.2) is 4.52 Å². The van der Waals surface area contributed by atoms with Gasteiger partial charge in [-0.1, -0.05) is 19.0 Å². The highest BCUT2D eigenvalue weighted by molar-refractivity contribution is 5.75. The number of nitrogens with one attached hydrogen (secondary N) is 1. The number of carbonyl (C=O) groups excluding carboxylic acids is 1. The Morgan fingerprint density at radius 1 is 1.15 bits per heavy atom. The molecule has 192 valence electrons. The van der Waals surface area contributed by atoms with Gasteiger partial charge in [0.25, 0.3) is 5.92 Å². The summed E-state index contributed by atoms with van der Waals surface area (Å²) in [5, 5.41) is 6.90. The van der Waals surface area contributed by atoms with Crippen molar-refractivity contribution in [2.75, 3.05) is 39.3 Å². The van der Waals surface area contributed by atoms with Crippen molar-refractivity contribution >= 4 is 6.03 Å². The van der Waals surface area contributed by atoms with Gasteiger partial charge in [0, 0.05) is 69.6 Å². The fourth-order valence-electron chi connectivity index (χ4n) is 5.63. The Balaban J connectivity index is 1.38. The number of urea groups is 1. The highest BCUT2D eigenvalue weighted by Crippen LogP contribution is 2.37. The lowest BCUT2D eigenvalue weighted by molar-refractivity contribution is -0.0973. The van der Waals surface area contributed by atoms with Gasteiger partial charge in [0.15, 0.2) is 5.82 Å². The summed E-state index contributed by atoms with van der Waals surface area (Å²) < 4.78 is 35.5. The van der Waals surface area contributed by atoms with E-state index in [1.807, 2.05) is 6.92 Å². The molecular weight excluding hydrogens is 442 g/mol. The predicted molar refractivity (Wildman–Crippen MR) is 125 cm³/mol. The molecule has 8 nitrogen and oxygen atoms in total. The lowest BCUT2D eigenvalue weighted by Gasteiger charge is -2.48. The van der Waals surface area contributed by atoms with E-state index >= 15 is 8.78 Å². The molecule has 0 spiro atoms. The first kappa shape index (κ1) is 25.3. The molecule has 3 fully saturated rings. The van der Waals surface area contributed by atoms with Crippen LogP contribution in [0.5, 0.6) is 0 Å². The molecule has 2 saturated heterocycles. The maximum absolute atomic E-state index is 15.1. The Labute approximate surface area is 201 Å². The average Bonchev–Trinajstić information content (AvgIpc) is 3.31. The maximum atomic E-state index is 15.1. The van der Waals surface area contributed by atoms with E-state index < -0.39 is 12.0 Å². The molecule has 1 saturated carbocycles. The van der Waals surface area contributed by atoms with Crippen molar-refractivity contribution in [2.45, 2.75) is 95.7 Å². The van der Waals surface area contributed by atoms with Gasteiger partial charge in [-0.15, -0.1) is 0 Å². The number of hydrogen-bond acceptors (Lipinski definition) is 6. The van der Waals surface area contributed by atoms with Gasteiger partial charge in [-0.3, -0.25) is 9.80 Å². The van der Waals surface area contributed by atoms with E-state index in [2.05, 4.69) is 46.0 Å². The normalized spacial score (nSPS) is 28.3. The molecule has 1 aromatic rings. The summed E-state index contributed by atoms with van der Waals surface area (Å²) in [6.45, 7) is 12.6. The predicted octanol–water partition coefficient (Wildman–Crippen LogP) is 3.28. The van der Waals surface area contributed by atoms with Gasteiger partial charge >= 0.3 is 6.03 Å². The van der Waals surface area contributed by atoms with E-state index in [9.17, 15) is 4.79 Å². The number of alkyl halides is 2. The number of likely N-dealkylation sites (tertiary alicyclic amines) is 1. The summed E-state index contributed by atoms with van der Waals surface area (Å²) in [7, 11) is 0. The monoisotopic (exact) mass is 482 g/mol. The Morgan fingerprint density at radius 3 is 2.41 bits per heavy atom. The van der Waals surface area contributed by atoms with Crippen LogP contribution in [0.25, 0.3) is 0 Å². The van der Waals surface area contributed by atoms with Crippen LogP contribution in [-0.2, 0) is 11.8 Å². The van der Waals surface area contributed by atoms with Crippen molar-refractivity contribution in [2.24, 2.45) is 0 Å². The molecule has 34 heavy (non-hydrogen) atoms. The second kappa shape index (κ2) is 10.0. The number of nitrogens with zero attached hydrogens (tertiary/aromatic N) is 5. The SMILES string of the molecule is CCc1nc(C2(C)CCN(C(=O)NC3C(N4CCN(C(C)C)CC4)CCCC3(F)F)CC2)no1. The molecule has 4 rings (SSSR count). The van der Waals surface area contributed by atoms with Crippen LogP contribution < -0.4 is 5.32 Å². The molecule has 2 atom stereocenters. The topological polar surface area (TPSA) is 77.7 Å². The number of carbonyl (C=O) groups is 1. The van der Waals surface area contributed by atoms with Gasteiger partial charge in [0.2, 0.25) is 5.89 Å². The third kappa shape index (κ3) is 5.22.